The smallest absolute Gasteiger partial charge is 0.273 e. The second kappa shape index (κ2) is 8.03. The van der Waals surface area contributed by atoms with Gasteiger partial charge in [0.2, 0.25) is 5.91 Å². The first-order valence-corrected chi connectivity index (χ1v) is 10.5. The number of rotatable bonds is 7. The van der Waals surface area contributed by atoms with Gasteiger partial charge in [-0.2, -0.15) is 5.10 Å². The Morgan fingerprint density at radius 1 is 1.16 bits per heavy atom. The van der Waals surface area contributed by atoms with Crippen molar-refractivity contribution in [1.82, 2.24) is 30.3 Å². The minimum absolute atomic E-state index is 0.0476. The molecule has 0 saturated heterocycles. The van der Waals surface area contributed by atoms with Crippen LogP contribution in [0.1, 0.15) is 51.9 Å². The van der Waals surface area contributed by atoms with Gasteiger partial charge in [-0.05, 0) is 44.2 Å². The van der Waals surface area contributed by atoms with Crippen molar-refractivity contribution in [1.29, 1.82) is 0 Å². The van der Waals surface area contributed by atoms with Gasteiger partial charge < -0.3 is 16.0 Å². The Labute approximate surface area is 189 Å². The first-order chi connectivity index (χ1) is 16.7. The highest BCUT2D eigenvalue weighted by Crippen LogP contribution is 2.35. The summed E-state index contributed by atoms with van der Waals surface area (Å²) in [6, 6.07) is 7.42. The number of hydrogen-bond donors (Lipinski definition) is 3. The zero-order valence-corrected chi connectivity index (χ0v) is 17.4. The zero-order valence-electron chi connectivity index (χ0n) is 20.4. The molecule has 2 amide bonds. The maximum absolute atomic E-state index is 12.6. The fourth-order valence-electron chi connectivity index (χ4n) is 3.42. The Morgan fingerprint density at radius 3 is 2.75 bits per heavy atom. The van der Waals surface area contributed by atoms with Crippen molar-refractivity contribution in [3.8, 4) is 11.4 Å². The summed E-state index contributed by atoms with van der Waals surface area (Å²) in [6.45, 7) is -0.807. The molecule has 2 saturated carbocycles. The molecule has 0 aliphatic heterocycles. The third-order valence-electron chi connectivity index (χ3n) is 5.60. The van der Waals surface area contributed by atoms with Crippen LogP contribution in [0.15, 0.2) is 30.6 Å². The van der Waals surface area contributed by atoms with Crippen LogP contribution in [0.25, 0.3) is 11.4 Å². The molecule has 0 bridgehead atoms. The second-order valence-electron chi connectivity index (χ2n) is 8.09. The minimum atomic E-state index is -2.70. The molecule has 0 atom stereocenters. The van der Waals surface area contributed by atoms with Crippen LogP contribution in [-0.2, 0) is 4.79 Å². The topological polar surface area (TPSA) is 127 Å². The zero-order chi connectivity index (χ0) is 24.7. The Bertz CT molecular complexity index is 1300. The van der Waals surface area contributed by atoms with Crippen molar-refractivity contribution >= 4 is 29.0 Å². The van der Waals surface area contributed by atoms with E-state index in [-0.39, 0.29) is 29.0 Å². The quantitative estimate of drug-likeness (QED) is 0.521. The van der Waals surface area contributed by atoms with E-state index >= 15 is 0 Å². The van der Waals surface area contributed by atoms with E-state index in [0.29, 0.717) is 17.6 Å². The number of aromatic nitrogens is 5. The maximum Gasteiger partial charge on any atom is 0.273 e. The van der Waals surface area contributed by atoms with Gasteiger partial charge >= 0.3 is 0 Å². The van der Waals surface area contributed by atoms with E-state index in [4.69, 9.17) is 4.11 Å². The highest BCUT2D eigenvalue weighted by Gasteiger charge is 2.30. The molecule has 1 aromatic carbocycles. The lowest BCUT2D eigenvalue weighted by molar-refractivity contribution is -0.117. The first kappa shape index (κ1) is 16.8. The number of carbonyl (C=O) groups is 2. The van der Waals surface area contributed by atoms with Crippen LogP contribution >= 0.6 is 0 Å². The van der Waals surface area contributed by atoms with E-state index in [9.17, 15) is 9.59 Å². The molecular weight excluding hydrogens is 408 g/mol. The number of nitrogens with one attached hydrogen (secondary N) is 3. The lowest BCUT2D eigenvalue weighted by Gasteiger charge is -2.15. The monoisotopic (exact) mass is 435 g/mol. The van der Waals surface area contributed by atoms with Crippen LogP contribution in [-0.4, -0.2) is 43.8 Å². The van der Waals surface area contributed by atoms with Gasteiger partial charge in [-0.25, -0.2) is 9.67 Å². The van der Waals surface area contributed by atoms with E-state index in [1.165, 1.54) is 6.07 Å². The third-order valence-corrected chi connectivity index (χ3v) is 5.60. The number of benzene rings is 1. The molecule has 10 heteroatoms. The van der Waals surface area contributed by atoms with Gasteiger partial charge in [-0.15, -0.1) is 10.2 Å². The Balaban J connectivity index is 1.47. The van der Waals surface area contributed by atoms with Crippen molar-refractivity contribution in [3.63, 3.8) is 0 Å². The molecule has 3 aromatic rings. The molecule has 2 heterocycles. The van der Waals surface area contributed by atoms with Gasteiger partial charge in [-0.1, -0.05) is 12.1 Å². The number of carbonyl (C=O) groups excluding carboxylic acids is 2. The predicted molar refractivity (Wildman–Crippen MR) is 119 cm³/mol. The Hall–Kier alpha value is -3.82. The van der Waals surface area contributed by atoms with E-state index in [1.54, 1.807) is 6.33 Å². The highest BCUT2D eigenvalue weighted by molar-refractivity contribution is 5.99. The Kier molecular flexibility index (Phi) is 4.22. The van der Waals surface area contributed by atoms with Crippen LogP contribution in [0.4, 0.5) is 17.2 Å². The van der Waals surface area contributed by atoms with Crippen molar-refractivity contribution in [2.24, 2.45) is 5.92 Å². The molecule has 0 unspecified atom stereocenters. The molecule has 2 aliphatic rings. The number of nitrogens with zero attached hydrogens (tertiary/aromatic N) is 5. The van der Waals surface area contributed by atoms with Crippen molar-refractivity contribution in [2.45, 2.75) is 38.6 Å². The van der Waals surface area contributed by atoms with E-state index in [0.717, 1.165) is 36.8 Å². The third kappa shape index (κ3) is 4.03. The molecule has 2 aromatic heterocycles. The summed E-state index contributed by atoms with van der Waals surface area (Å²) in [5.74, 6) is -0.384. The van der Waals surface area contributed by atoms with Crippen LogP contribution in [0, 0.1) is 12.8 Å². The van der Waals surface area contributed by atoms with Crippen LogP contribution in [0.3, 0.4) is 0 Å². The largest absolute Gasteiger partial charge is 0.354 e. The summed E-state index contributed by atoms with van der Waals surface area (Å²) >= 11 is 0. The molecule has 2 fully saturated rings. The minimum Gasteiger partial charge on any atom is -0.354 e. The van der Waals surface area contributed by atoms with Crippen molar-refractivity contribution in [2.75, 3.05) is 17.6 Å². The van der Waals surface area contributed by atoms with Gasteiger partial charge in [0.15, 0.2) is 17.3 Å². The average molecular weight is 436 g/mol. The number of hydrogen-bond acceptors (Lipinski definition) is 7. The van der Waals surface area contributed by atoms with Gasteiger partial charge in [0.25, 0.3) is 5.91 Å². The fourth-order valence-corrected chi connectivity index (χ4v) is 3.42. The fraction of sp³-hybridized carbons (Fsp3) is 0.364. The molecule has 5 rings (SSSR count). The van der Waals surface area contributed by atoms with Gasteiger partial charge in [0, 0.05) is 34.3 Å². The lowest BCUT2D eigenvalue weighted by Crippen LogP contribution is -2.22. The Morgan fingerprint density at radius 2 is 2.00 bits per heavy atom. The van der Waals surface area contributed by atoms with Crippen molar-refractivity contribution in [3.05, 3.63) is 41.9 Å². The first-order valence-electron chi connectivity index (χ1n) is 12.0. The van der Waals surface area contributed by atoms with Gasteiger partial charge in [-0.3, -0.25) is 9.59 Å². The lowest BCUT2D eigenvalue weighted by atomic mass is 10.1. The molecule has 10 nitrogen and oxygen atoms in total. The summed E-state index contributed by atoms with van der Waals surface area (Å²) in [4.78, 5) is 29.3. The molecule has 164 valence electrons. The van der Waals surface area contributed by atoms with E-state index < -0.39 is 12.9 Å². The summed E-state index contributed by atoms with van der Waals surface area (Å²) in [7, 11) is 0. The summed E-state index contributed by atoms with van der Waals surface area (Å²) < 4.78 is 23.9. The number of anilines is 3. The molecule has 3 N–H and O–H groups in total. The predicted octanol–water partition coefficient (Wildman–Crippen LogP) is 2.83. The molecule has 2 aliphatic carbocycles. The van der Waals surface area contributed by atoms with Crippen LogP contribution < -0.4 is 16.0 Å². The van der Waals surface area contributed by atoms with Crippen LogP contribution in [0.2, 0.25) is 0 Å². The summed E-state index contributed by atoms with van der Waals surface area (Å²) in [5.41, 5.74) is 2.26. The second-order valence-corrected chi connectivity index (χ2v) is 8.09. The number of amides is 2. The average Bonchev–Trinajstić information content (AvgIpc) is 3.72. The van der Waals surface area contributed by atoms with E-state index in [2.05, 4.69) is 30.9 Å². The highest BCUT2D eigenvalue weighted by atomic mass is 16.2. The molecule has 0 spiro atoms. The normalized spacial score (nSPS) is 17.1. The SMILES string of the molecule is [2H]C([2H])([2H])NC(=O)c1nnc(NC(=O)C2CC2)cc1Nc1cccc(-c2ncn(C3CC3)n2)c1C. The maximum atomic E-state index is 12.6. The van der Waals surface area contributed by atoms with Gasteiger partial charge in [0.05, 0.1) is 11.7 Å². The van der Waals surface area contributed by atoms with Crippen molar-refractivity contribution < 1.29 is 13.7 Å². The van der Waals surface area contributed by atoms with Crippen LogP contribution in [0.5, 0.6) is 0 Å². The standard InChI is InChI=1S/C22H24N8O2/c1-12-15(20-24-11-30(29-20)14-8-9-14)4-3-5-16(12)25-17-10-18(26-21(31)13-6-7-13)27-28-19(17)22(32)23-2/h3-5,10-11,13-14H,6-9H2,1-2H3,(H,23,32)(H2,25,26,27,31)/i2D3. The molecule has 0 radical (unpaired) electrons. The summed E-state index contributed by atoms with van der Waals surface area (Å²) in [5, 5.41) is 20.2. The van der Waals surface area contributed by atoms with E-state index in [1.807, 2.05) is 35.1 Å². The molecular formula is C22H24N8O2. The summed E-state index contributed by atoms with van der Waals surface area (Å²) in [6.07, 6.45) is 5.56. The molecule has 32 heavy (non-hydrogen) atoms. The van der Waals surface area contributed by atoms with Gasteiger partial charge in [0.1, 0.15) is 6.33 Å².